The Labute approximate surface area is 97.7 Å². The third-order valence-corrected chi connectivity index (χ3v) is 2.98. The number of hydrogen-bond donors (Lipinski definition) is 2. The topological polar surface area (TPSA) is 75.1 Å². The number of nitrogens with zero attached hydrogens (tertiary/aromatic N) is 1. The number of benzene rings is 1. The Morgan fingerprint density at radius 2 is 2.24 bits per heavy atom. The Balaban J connectivity index is 2.46. The summed E-state index contributed by atoms with van der Waals surface area (Å²) in [5.41, 5.74) is 2.33. The largest absolute Gasteiger partial charge is 0.481 e. The molecule has 0 saturated heterocycles. The number of aromatic nitrogens is 2. The van der Waals surface area contributed by atoms with Crippen molar-refractivity contribution in [3.8, 4) is 0 Å². The van der Waals surface area contributed by atoms with Crippen molar-refractivity contribution in [3.63, 3.8) is 0 Å². The van der Waals surface area contributed by atoms with Gasteiger partial charge in [0, 0.05) is 7.05 Å². The van der Waals surface area contributed by atoms with Crippen molar-refractivity contribution in [1.82, 2.24) is 9.55 Å². The van der Waals surface area contributed by atoms with E-state index in [1.54, 1.807) is 7.05 Å². The van der Waals surface area contributed by atoms with Crippen molar-refractivity contribution >= 4 is 17.0 Å². The minimum Gasteiger partial charge on any atom is -0.481 e. The molecule has 1 heterocycles. The molecule has 2 aromatic rings. The smallest absolute Gasteiger partial charge is 0.326 e. The number of hydrogen-bond acceptors (Lipinski definition) is 2. The third kappa shape index (κ3) is 2.08. The molecule has 0 aliphatic carbocycles. The van der Waals surface area contributed by atoms with Gasteiger partial charge in [-0.1, -0.05) is 13.0 Å². The van der Waals surface area contributed by atoms with Crippen molar-refractivity contribution in [2.24, 2.45) is 7.05 Å². The second kappa shape index (κ2) is 4.08. The minimum atomic E-state index is -0.819. The standard InChI is InChI=1S/C12H14N2O3/c1-7(5-11(15)16)8-3-4-9-10(6-8)14(2)12(17)13-9/h3-4,6-7H,5H2,1-2H3,(H,13,17)(H,15,16). The van der Waals surface area contributed by atoms with Crippen LogP contribution in [0.3, 0.4) is 0 Å². The van der Waals surface area contributed by atoms with Crippen LogP contribution in [0, 0.1) is 0 Å². The predicted octanol–water partition coefficient (Wildman–Crippen LogP) is 1.44. The number of carboxylic acid groups (broad SMARTS) is 1. The molecule has 0 bridgehead atoms. The normalized spacial score (nSPS) is 12.8. The lowest BCUT2D eigenvalue weighted by molar-refractivity contribution is -0.137. The Bertz CT molecular complexity index is 624. The molecule has 17 heavy (non-hydrogen) atoms. The van der Waals surface area contributed by atoms with Crippen LogP contribution >= 0.6 is 0 Å². The first-order chi connectivity index (χ1) is 7.99. The van der Waals surface area contributed by atoms with E-state index in [0.29, 0.717) is 0 Å². The first-order valence-corrected chi connectivity index (χ1v) is 5.39. The Hall–Kier alpha value is -2.04. The lowest BCUT2D eigenvalue weighted by Gasteiger charge is -2.09. The Kier molecular flexibility index (Phi) is 2.75. The van der Waals surface area contributed by atoms with Gasteiger partial charge in [0.15, 0.2) is 0 Å². The summed E-state index contributed by atoms with van der Waals surface area (Å²) in [4.78, 5) is 24.8. The van der Waals surface area contributed by atoms with Crippen molar-refractivity contribution in [3.05, 3.63) is 34.2 Å². The Morgan fingerprint density at radius 1 is 1.53 bits per heavy atom. The molecule has 5 nitrogen and oxygen atoms in total. The predicted molar refractivity (Wildman–Crippen MR) is 64.2 cm³/mol. The Morgan fingerprint density at radius 3 is 2.88 bits per heavy atom. The van der Waals surface area contributed by atoms with E-state index >= 15 is 0 Å². The van der Waals surface area contributed by atoms with Gasteiger partial charge in [0.25, 0.3) is 0 Å². The van der Waals surface area contributed by atoms with Gasteiger partial charge in [0.1, 0.15) is 0 Å². The maximum Gasteiger partial charge on any atom is 0.326 e. The average molecular weight is 234 g/mol. The van der Waals surface area contributed by atoms with Crippen LogP contribution in [0.25, 0.3) is 11.0 Å². The van der Waals surface area contributed by atoms with Crippen molar-refractivity contribution in [2.45, 2.75) is 19.3 Å². The van der Waals surface area contributed by atoms with E-state index < -0.39 is 5.97 Å². The van der Waals surface area contributed by atoms with E-state index in [0.717, 1.165) is 16.6 Å². The molecule has 1 unspecified atom stereocenters. The van der Waals surface area contributed by atoms with Crippen molar-refractivity contribution < 1.29 is 9.90 Å². The molecule has 0 spiro atoms. The van der Waals surface area contributed by atoms with E-state index in [9.17, 15) is 9.59 Å². The summed E-state index contributed by atoms with van der Waals surface area (Å²) in [6.07, 6.45) is 0.0872. The number of H-pyrrole nitrogens is 1. The van der Waals surface area contributed by atoms with E-state index in [2.05, 4.69) is 4.98 Å². The molecule has 5 heteroatoms. The van der Waals surface area contributed by atoms with E-state index in [4.69, 9.17) is 5.11 Å². The van der Waals surface area contributed by atoms with Crippen LogP contribution in [0.2, 0.25) is 0 Å². The van der Waals surface area contributed by atoms with Gasteiger partial charge in [-0.25, -0.2) is 4.79 Å². The molecule has 0 fully saturated rings. The first-order valence-electron chi connectivity index (χ1n) is 5.39. The number of aromatic amines is 1. The second-order valence-electron chi connectivity index (χ2n) is 4.26. The van der Waals surface area contributed by atoms with Gasteiger partial charge in [0.2, 0.25) is 0 Å². The molecule has 0 aliphatic rings. The summed E-state index contributed by atoms with van der Waals surface area (Å²) in [5.74, 6) is -0.887. The maximum atomic E-state index is 11.4. The molecular weight excluding hydrogens is 220 g/mol. The number of carboxylic acids is 1. The molecule has 0 amide bonds. The zero-order chi connectivity index (χ0) is 12.6. The summed E-state index contributed by atoms with van der Waals surface area (Å²) in [6, 6.07) is 5.52. The van der Waals surface area contributed by atoms with Gasteiger partial charge < -0.3 is 10.1 Å². The zero-order valence-corrected chi connectivity index (χ0v) is 9.73. The van der Waals surface area contributed by atoms with Crippen LogP contribution in [-0.4, -0.2) is 20.6 Å². The fraction of sp³-hybridized carbons (Fsp3) is 0.333. The number of nitrogens with one attached hydrogen (secondary N) is 1. The summed E-state index contributed by atoms with van der Waals surface area (Å²) in [7, 11) is 1.69. The summed E-state index contributed by atoms with van der Waals surface area (Å²) < 4.78 is 1.52. The zero-order valence-electron chi connectivity index (χ0n) is 9.73. The SMILES string of the molecule is CC(CC(=O)O)c1ccc2[nH]c(=O)n(C)c2c1. The fourth-order valence-corrected chi connectivity index (χ4v) is 1.93. The highest BCUT2D eigenvalue weighted by atomic mass is 16.4. The van der Waals surface area contributed by atoms with Crippen LogP contribution in [0.5, 0.6) is 0 Å². The highest BCUT2D eigenvalue weighted by Gasteiger charge is 2.12. The van der Waals surface area contributed by atoms with Crippen LogP contribution in [0.15, 0.2) is 23.0 Å². The molecule has 2 rings (SSSR count). The average Bonchev–Trinajstić information content (AvgIpc) is 2.54. The number of aryl methyl sites for hydroxylation is 1. The third-order valence-electron chi connectivity index (χ3n) is 2.98. The minimum absolute atomic E-state index is 0.0677. The number of aliphatic carboxylic acids is 1. The van der Waals surface area contributed by atoms with Crippen LogP contribution in [0.4, 0.5) is 0 Å². The van der Waals surface area contributed by atoms with E-state index in [1.807, 2.05) is 25.1 Å². The molecule has 90 valence electrons. The maximum absolute atomic E-state index is 11.4. The molecule has 1 atom stereocenters. The second-order valence-corrected chi connectivity index (χ2v) is 4.26. The number of carbonyl (C=O) groups is 1. The molecule has 1 aromatic carbocycles. The lowest BCUT2D eigenvalue weighted by atomic mass is 9.97. The fourth-order valence-electron chi connectivity index (χ4n) is 1.93. The summed E-state index contributed by atoms with van der Waals surface area (Å²) >= 11 is 0. The molecule has 2 N–H and O–H groups in total. The summed E-state index contributed by atoms with van der Waals surface area (Å²) in [5, 5.41) is 8.76. The number of rotatable bonds is 3. The molecular formula is C12H14N2O3. The molecule has 1 aromatic heterocycles. The first kappa shape index (κ1) is 11.4. The van der Waals surface area contributed by atoms with E-state index in [1.165, 1.54) is 4.57 Å². The van der Waals surface area contributed by atoms with Crippen LogP contribution in [0.1, 0.15) is 24.8 Å². The van der Waals surface area contributed by atoms with Gasteiger partial charge in [-0.3, -0.25) is 9.36 Å². The number of fused-ring (bicyclic) bond motifs is 1. The monoisotopic (exact) mass is 234 g/mol. The van der Waals surface area contributed by atoms with Crippen molar-refractivity contribution in [2.75, 3.05) is 0 Å². The highest BCUT2D eigenvalue weighted by Crippen LogP contribution is 2.22. The van der Waals surface area contributed by atoms with Gasteiger partial charge in [-0.2, -0.15) is 0 Å². The summed E-state index contributed by atoms with van der Waals surface area (Å²) in [6.45, 7) is 1.86. The van der Waals surface area contributed by atoms with Crippen LogP contribution in [-0.2, 0) is 11.8 Å². The van der Waals surface area contributed by atoms with Gasteiger partial charge in [-0.15, -0.1) is 0 Å². The quantitative estimate of drug-likeness (QED) is 0.843. The molecule has 0 saturated carbocycles. The number of imidazole rings is 1. The molecule has 0 aliphatic heterocycles. The van der Waals surface area contributed by atoms with Crippen LogP contribution < -0.4 is 5.69 Å². The van der Waals surface area contributed by atoms with Gasteiger partial charge in [-0.05, 0) is 23.6 Å². The van der Waals surface area contributed by atoms with Gasteiger partial charge in [0.05, 0.1) is 17.5 Å². The van der Waals surface area contributed by atoms with Gasteiger partial charge >= 0.3 is 11.7 Å². The van der Waals surface area contributed by atoms with Crippen molar-refractivity contribution in [1.29, 1.82) is 0 Å². The highest BCUT2D eigenvalue weighted by molar-refractivity contribution is 5.76. The van der Waals surface area contributed by atoms with E-state index in [-0.39, 0.29) is 18.0 Å². The molecule has 0 radical (unpaired) electrons. The lowest BCUT2D eigenvalue weighted by Crippen LogP contribution is -2.11.